The molecule has 360 valence electrons. The molecule has 5 aliphatic rings. The van der Waals surface area contributed by atoms with Crippen molar-refractivity contribution >= 4 is 0 Å². The van der Waals surface area contributed by atoms with Gasteiger partial charge in [-0.15, -0.1) is 0 Å². The number of ether oxygens (including phenoxy) is 6. The summed E-state index contributed by atoms with van der Waals surface area (Å²) in [7, 11) is 0. The zero-order valence-electron chi connectivity index (χ0n) is 41.3. The predicted molar refractivity (Wildman–Crippen MR) is 268 cm³/mol. The highest BCUT2D eigenvalue weighted by Gasteiger charge is 2.59. The van der Waals surface area contributed by atoms with E-state index in [0.717, 1.165) is 77.0 Å². The maximum absolute atomic E-state index is 7.35. The number of allylic oxidation sites excluding steroid dienone is 1. The lowest BCUT2D eigenvalue weighted by Gasteiger charge is -2.58. The van der Waals surface area contributed by atoms with Gasteiger partial charge in [-0.2, -0.15) is 0 Å². The zero-order chi connectivity index (χ0) is 46.2. The van der Waals surface area contributed by atoms with Crippen molar-refractivity contribution in [3.63, 3.8) is 0 Å². The van der Waals surface area contributed by atoms with E-state index in [2.05, 4.69) is 138 Å². The Labute approximate surface area is 403 Å². The van der Waals surface area contributed by atoms with Gasteiger partial charge in [-0.3, -0.25) is 0 Å². The highest BCUT2D eigenvalue weighted by atomic mass is 16.7. The van der Waals surface area contributed by atoms with Crippen molar-refractivity contribution < 1.29 is 28.4 Å². The van der Waals surface area contributed by atoms with Crippen LogP contribution in [0.2, 0.25) is 0 Å². The van der Waals surface area contributed by atoms with Crippen LogP contribution in [-0.2, 0) is 54.8 Å². The van der Waals surface area contributed by atoms with Gasteiger partial charge in [-0.1, -0.05) is 187 Å². The zero-order valence-corrected chi connectivity index (χ0v) is 41.3. The molecule has 3 saturated carbocycles. The van der Waals surface area contributed by atoms with E-state index in [4.69, 9.17) is 28.4 Å². The lowest BCUT2D eigenvalue weighted by molar-refractivity contribution is -0.337. The second-order valence-corrected chi connectivity index (χ2v) is 22.1. The first-order valence-electron chi connectivity index (χ1n) is 26.3. The van der Waals surface area contributed by atoms with Crippen molar-refractivity contribution in [2.24, 2.45) is 46.3 Å². The minimum atomic E-state index is -0.689. The third-order valence-electron chi connectivity index (χ3n) is 17.4. The second-order valence-electron chi connectivity index (χ2n) is 22.1. The predicted octanol–water partition coefficient (Wildman–Crippen LogP) is 14.1. The summed E-state index contributed by atoms with van der Waals surface area (Å²) in [5.41, 5.74) is 6.70. The fourth-order valence-electron chi connectivity index (χ4n) is 13.8. The fourth-order valence-corrected chi connectivity index (χ4v) is 13.8. The highest BCUT2D eigenvalue weighted by molar-refractivity contribution is 5.26. The van der Waals surface area contributed by atoms with Crippen LogP contribution in [-0.4, -0.2) is 43.4 Å². The Bertz CT molecular complexity index is 2130. The average molecular weight is 909 g/mol. The Kier molecular flexibility index (Phi) is 16.2. The Hall–Kier alpha value is -3.62. The monoisotopic (exact) mass is 909 g/mol. The summed E-state index contributed by atoms with van der Waals surface area (Å²) in [6, 6.07) is 41.5. The standard InChI is InChI=1S/C61H80O6/c1-43(2)19-18-20-44(3)52-31-32-53-51-30-29-49-37-50(33-35-60(49,4)54(51)34-36-61(52,53)5)66-59-58(65-41-48-27-16-9-17-28-48)57(64-40-47-25-14-8-15-26-47)56(63-39-46-23-12-7-13-24-46)55(67-59)42-62-38-45-21-10-6-11-22-45/h6-17,21-29,43-44,50-59H,18-20,30-42H2,1-5H3/t44-,50?,51+,52-,53+,54+,55-,56-,57+,58-,59-,60+,61-/m1/s1. The van der Waals surface area contributed by atoms with Crippen LogP contribution in [0.4, 0.5) is 0 Å². The van der Waals surface area contributed by atoms with Crippen molar-refractivity contribution in [1.29, 1.82) is 0 Å². The van der Waals surface area contributed by atoms with Crippen LogP contribution in [0.25, 0.3) is 0 Å². The molecule has 1 heterocycles. The number of benzene rings is 4. The van der Waals surface area contributed by atoms with Crippen LogP contribution in [0.15, 0.2) is 133 Å². The maximum atomic E-state index is 7.35. The van der Waals surface area contributed by atoms with Gasteiger partial charge in [0, 0.05) is 0 Å². The van der Waals surface area contributed by atoms with E-state index in [1.807, 2.05) is 24.3 Å². The third kappa shape index (κ3) is 11.4. The lowest BCUT2D eigenvalue weighted by Crippen LogP contribution is -2.62. The molecule has 9 rings (SSSR count). The van der Waals surface area contributed by atoms with Crippen LogP contribution in [0.3, 0.4) is 0 Å². The first-order valence-corrected chi connectivity index (χ1v) is 26.3. The summed E-state index contributed by atoms with van der Waals surface area (Å²) >= 11 is 0. The van der Waals surface area contributed by atoms with E-state index in [1.165, 1.54) is 51.4 Å². The first kappa shape index (κ1) is 48.4. The maximum Gasteiger partial charge on any atom is 0.187 e. The van der Waals surface area contributed by atoms with Gasteiger partial charge < -0.3 is 28.4 Å². The smallest absolute Gasteiger partial charge is 0.187 e. The molecule has 0 spiro atoms. The van der Waals surface area contributed by atoms with Gasteiger partial charge in [-0.25, -0.2) is 0 Å². The summed E-state index contributed by atoms with van der Waals surface area (Å²) in [6.45, 7) is 14.7. The van der Waals surface area contributed by atoms with Crippen molar-refractivity contribution in [3.8, 4) is 0 Å². The molecule has 4 aromatic carbocycles. The van der Waals surface area contributed by atoms with Crippen molar-refractivity contribution in [2.75, 3.05) is 6.61 Å². The highest BCUT2D eigenvalue weighted by Crippen LogP contribution is 2.67. The Morgan fingerprint density at radius 1 is 0.597 bits per heavy atom. The molecule has 4 fully saturated rings. The Morgan fingerprint density at radius 3 is 1.76 bits per heavy atom. The molecule has 0 radical (unpaired) electrons. The molecular weight excluding hydrogens is 829 g/mol. The third-order valence-corrected chi connectivity index (χ3v) is 17.4. The van der Waals surface area contributed by atoms with Gasteiger partial charge in [0.2, 0.25) is 0 Å². The minimum Gasteiger partial charge on any atom is -0.374 e. The van der Waals surface area contributed by atoms with Gasteiger partial charge in [0.15, 0.2) is 6.29 Å². The van der Waals surface area contributed by atoms with Crippen LogP contribution in [0.5, 0.6) is 0 Å². The molecule has 1 unspecified atom stereocenters. The molecule has 1 saturated heterocycles. The molecule has 0 bridgehead atoms. The molecule has 4 aliphatic carbocycles. The molecular formula is C61H80O6. The lowest BCUT2D eigenvalue weighted by atomic mass is 9.47. The molecule has 6 nitrogen and oxygen atoms in total. The quantitative estimate of drug-likeness (QED) is 0.0824. The topological polar surface area (TPSA) is 55.4 Å². The van der Waals surface area contributed by atoms with E-state index in [-0.39, 0.29) is 11.5 Å². The summed E-state index contributed by atoms with van der Waals surface area (Å²) in [5, 5.41) is 0. The molecule has 0 N–H and O–H groups in total. The summed E-state index contributed by atoms with van der Waals surface area (Å²) in [4.78, 5) is 0. The van der Waals surface area contributed by atoms with Crippen LogP contribution >= 0.6 is 0 Å². The van der Waals surface area contributed by atoms with Gasteiger partial charge in [-0.05, 0) is 120 Å². The molecule has 67 heavy (non-hydrogen) atoms. The van der Waals surface area contributed by atoms with Crippen molar-refractivity contribution in [1.82, 2.24) is 0 Å². The number of fused-ring (bicyclic) bond motifs is 5. The average Bonchev–Trinajstić information content (AvgIpc) is 3.71. The molecule has 4 aromatic rings. The summed E-state index contributed by atoms with van der Waals surface area (Å²) in [5.74, 6) is 4.89. The molecule has 0 amide bonds. The van der Waals surface area contributed by atoms with Crippen LogP contribution in [0, 0.1) is 46.3 Å². The van der Waals surface area contributed by atoms with Gasteiger partial charge >= 0.3 is 0 Å². The first-order chi connectivity index (χ1) is 32.7. The van der Waals surface area contributed by atoms with Crippen molar-refractivity contribution in [2.45, 2.75) is 168 Å². The Balaban J connectivity index is 0.963. The fraction of sp³-hybridized carbons (Fsp3) is 0.574. The summed E-state index contributed by atoms with van der Waals surface area (Å²) in [6.07, 6.45) is 14.0. The van der Waals surface area contributed by atoms with Crippen LogP contribution < -0.4 is 0 Å². The summed E-state index contributed by atoms with van der Waals surface area (Å²) < 4.78 is 42.1. The second kappa shape index (κ2) is 22.4. The molecule has 13 atom stereocenters. The van der Waals surface area contributed by atoms with E-state index < -0.39 is 30.7 Å². The number of hydrogen-bond donors (Lipinski definition) is 0. The molecule has 6 heteroatoms. The van der Waals surface area contributed by atoms with E-state index in [9.17, 15) is 0 Å². The number of rotatable bonds is 20. The van der Waals surface area contributed by atoms with Gasteiger partial charge in [0.1, 0.15) is 24.4 Å². The number of hydrogen-bond acceptors (Lipinski definition) is 6. The SMILES string of the molecule is CC(C)CCC[C@@H](C)[C@H]1CC[C@H]2[C@@H]3CC=C4CC(O[C@@H]5O[C@H](COCc6ccccc6)[C@@H](OCc6ccccc6)[C@H](OCc6ccccc6)[C@H]5OCc5ccccc5)CC[C@]4(C)[C@H]3CC[C@]12C. The van der Waals surface area contributed by atoms with Crippen LogP contribution in [0.1, 0.15) is 128 Å². The van der Waals surface area contributed by atoms with E-state index in [1.54, 1.807) is 5.57 Å². The van der Waals surface area contributed by atoms with E-state index in [0.29, 0.717) is 38.4 Å². The van der Waals surface area contributed by atoms with E-state index >= 15 is 0 Å². The Morgan fingerprint density at radius 2 is 1.16 bits per heavy atom. The molecule has 0 aromatic heterocycles. The minimum absolute atomic E-state index is 0.00236. The van der Waals surface area contributed by atoms with Crippen molar-refractivity contribution in [3.05, 3.63) is 155 Å². The normalized spacial score (nSPS) is 33.1. The van der Waals surface area contributed by atoms with Gasteiger partial charge in [0.25, 0.3) is 0 Å². The largest absolute Gasteiger partial charge is 0.374 e. The molecule has 1 aliphatic heterocycles. The van der Waals surface area contributed by atoms with Gasteiger partial charge in [0.05, 0.1) is 39.1 Å².